The van der Waals surface area contributed by atoms with Gasteiger partial charge in [-0.15, -0.1) is 0 Å². The van der Waals surface area contributed by atoms with Crippen LogP contribution in [0.15, 0.2) is 48.4 Å². The largest absolute Gasteiger partial charge is 0.465 e. The van der Waals surface area contributed by atoms with E-state index >= 15 is 0 Å². The molecule has 1 atom stereocenters. The van der Waals surface area contributed by atoms with Crippen molar-refractivity contribution in [1.29, 1.82) is 0 Å². The number of halogens is 2. The van der Waals surface area contributed by atoms with E-state index in [1.165, 1.54) is 36.4 Å². The van der Waals surface area contributed by atoms with Crippen LogP contribution in [0, 0.1) is 17.6 Å². The number of para-hydroxylation sites is 1. The molecular formula is C23H23F2N3O5. The zero-order valence-corrected chi connectivity index (χ0v) is 18.3. The summed E-state index contributed by atoms with van der Waals surface area (Å²) in [5.41, 5.74) is 0.218. The maximum Gasteiger partial charge on any atom is 0.339 e. The second kappa shape index (κ2) is 10.2. The van der Waals surface area contributed by atoms with Crippen LogP contribution in [-0.2, 0) is 14.3 Å². The van der Waals surface area contributed by atoms with Crippen molar-refractivity contribution in [2.24, 2.45) is 5.92 Å². The van der Waals surface area contributed by atoms with E-state index in [2.05, 4.69) is 15.0 Å². The third-order valence-electron chi connectivity index (χ3n) is 4.86. The van der Waals surface area contributed by atoms with Gasteiger partial charge in [-0.3, -0.25) is 9.59 Å². The van der Waals surface area contributed by atoms with Crippen LogP contribution in [0.5, 0.6) is 5.75 Å². The molecule has 0 saturated carbocycles. The molecule has 0 unspecified atom stereocenters. The predicted octanol–water partition coefficient (Wildman–Crippen LogP) is 3.30. The van der Waals surface area contributed by atoms with E-state index in [1.807, 2.05) is 13.8 Å². The lowest BCUT2D eigenvalue weighted by Gasteiger charge is -2.28. The standard InChI is InChI=1S/C23H23F2N3O5/c1-13(2)9-18(22(30)27-19-8-7-14(11-26-19)23(31)32-3)28-12-15(10-20(28)29)33-21-16(24)5-4-6-17(21)25/h4-8,10-11,13,18H,9,12H2,1-3H3,(H,26,27,30)/t18-/m0/s1. The molecule has 0 bridgehead atoms. The highest BCUT2D eigenvalue weighted by Gasteiger charge is 2.35. The van der Waals surface area contributed by atoms with Gasteiger partial charge >= 0.3 is 5.97 Å². The number of nitrogens with one attached hydrogen (secondary N) is 1. The molecule has 0 fully saturated rings. The molecule has 0 radical (unpaired) electrons. The summed E-state index contributed by atoms with van der Waals surface area (Å²) in [5.74, 6) is -3.74. The molecule has 0 saturated heterocycles. The highest BCUT2D eigenvalue weighted by molar-refractivity contribution is 6.00. The highest BCUT2D eigenvalue weighted by Crippen LogP contribution is 2.27. The van der Waals surface area contributed by atoms with Crippen molar-refractivity contribution in [3.63, 3.8) is 0 Å². The van der Waals surface area contributed by atoms with E-state index in [0.717, 1.165) is 18.2 Å². The first-order chi connectivity index (χ1) is 15.7. The van der Waals surface area contributed by atoms with E-state index in [9.17, 15) is 23.2 Å². The molecule has 1 aromatic heterocycles. The number of anilines is 1. The predicted molar refractivity (Wildman–Crippen MR) is 114 cm³/mol. The molecule has 2 heterocycles. The van der Waals surface area contributed by atoms with Crippen LogP contribution in [0.2, 0.25) is 0 Å². The van der Waals surface area contributed by atoms with Crippen molar-refractivity contribution in [2.45, 2.75) is 26.3 Å². The summed E-state index contributed by atoms with van der Waals surface area (Å²) >= 11 is 0. The number of amides is 2. The van der Waals surface area contributed by atoms with Gasteiger partial charge in [0.1, 0.15) is 17.6 Å². The summed E-state index contributed by atoms with van der Waals surface area (Å²) in [6.45, 7) is 3.65. The second-order valence-corrected chi connectivity index (χ2v) is 7.79. The van der Waals surface area contributed by atoms with Gasteiger partial charge in [0.25, 0.3) is 5.91 Å². The average Bonchev–Trinajstić information content (AvgIpc) is 3.14. The Balaban J connectivity index is 1.74. The molecule has 0 spiro atoms. The number of hydrogen-bond acceptors (Lipinski definition) is 6. The Morgan fingerprint density at radius 1 is 1.18 bits per heavy atom. The van der Waals surface area contributed by atoms with Gasteiger partial charge in [0.2, 0.25) is 5.91 Å². The lowest BCUT2D eigenvalue weighted by atomic mass is 10.0. The fourth-order valence-electron chi connectivity index (χ4n) is 3.29. The van der Waals surface area contributed by atoms with Gasteiger partial charge in [0.05, 0.1) is 19.2 Å². The first-order valence-electron chi connectivity index (χ1n) is 10.2. The van der Waals surface area contributed by atoms with Gasteiger partial charge in [0.15, 0.2) is 17.4 Å². The fourth-order valence-corrected chi connectivity index (χ4v) is 3.29. The van der Waals surface area contributed by atoms with Crippen molar-refractivity contribution in [2.75, 3.05) is 19.0 Å². The van der Waals surface area contributed by atoms with E-state index in [4.69, 9.17) is 4.74 Å². The molecule has 0 aliphatic carbocycles. The first-order valence-corrected chi connectivity index (χ1v) is 10.2. The number of ether oxygens (including phenoxy) is 2. The summed E-state index contributed by atoms with van der Waals surface area (Å²) in [6, 6.07) is 5.29. The fraction of sp³-hybridized carbons (Fsp3) is 0.304. The number of pyridine rings is 1. The molecule has 1 N–H and O–H groups in total. The monoisotopic (exact) mass is 459 g/mol. The van der Waals surface area contributed by atoms with Gasteiger partial charge in [-0.2, -0.15) is 0 Å². The molecule has 10 heteroatoms. The third kappa shape index (κ3) is 5.71. The Morgan fingerprint density at radius 3 is 2.45 bits per heavy atom. The molecule has 1 aliphatic heterocycles. The number of carbonyl (C=O) groups excluding carboxylic acids is 3. The van der Waals surface area contributed by atoms with Crippen LogP contribution in [0.3, 0.4) is 0 Å². The summed E-state index contributed by atoms with van der Waals surface area (Å²) in [6.07, 6.45) is 2.69. The zero-order valence-electron chi connectivity index (χ0n) is 18.3. The molecule has 1 aliphatic rings. The lowest BCUT2D eigenvalue weighted by molar-refractivity contribution is -0.133. The minimum Gasteiger partial charge on any atom is -0.465 e. The summed E-state index contributed by atoms with van der Waals surface area (Å²) in [5, 5.41) is 2.63. The zero-order chi connectivity index (χ0) is 24.1. The van der Waals surface area contributed by atoms with Crippen LogP contribution in [-0.4, -0.2) is 47.4 Å². The van der Waals surface area contributed by atoms with Crippen molar-refractivity contribution < 1.29 is 32.6 Å². The lowest BCUT2D eigenvalue weighted by Crippen LogP contribution is -2.46. The Morgan fingerprint density at radius 2 is 1.88 bits per heavy atom. The average molecular weight is 459 g/mol. The minimum absolute atomic E-state index is 0.0195. The molecule has 8 nitrogen and oxygen atoms in total. The SMILES string of the molecule is COC(=O)c1ccc(NC(=O)[C@H](CC(C)C)N2CC(Oc3c(F)cccc3F)=CC2=O)nc1. The quantitative estimate of drug-likeness (QED) is 0.609. The van der Waals surface area contributed by atoms with Crippen LogP contribution in [0.1, 0.15) is 30.6 Å². The molecule has 33 heavy (non-hydrogen) atoms. The van der Waals surface area contributed by atoms with Gasteiger partial charge in [-0.25, -0.2) is 18.6 Å². The van der Waals surface area contributed by atoms with Crippen LogP contribution in [0.4, 0.5) is 14.6 Å². The number of carbonyl (C=O) groups is 3. The van der Waals surface area contributed by atoms with Gasteiger partial charge < -0.3 is 19.7 Å². The van der Waals surface area contributed by atoms with Gasteiger partial charge in [-0.1, -0.05) is 19.9 Å². The summed E-state index contributed by atoms with van der Waals surface area (Å²) in [7, 11) is 1.24. The number of methoxy groups -OCH3 is 1. The number of nitrogens with zero attached hydrogens (tertiary/aromatic N) is 2. The Bertz CT molecular complexity index is 1070. The molecule has 3 rings (SSSR count). The number of benzene rings is 1. The smallest absolute Gasteiger partial charge is 0.339 e. The highest BCUT2D eigenvalue weighted by atomic mass is 19.1. The Kier molecular flexibility index (Phi) is 7.37. The van der Waals surface area contributed by atoms with Gasteiger partial charge in [0, 0.05) is 12.3 Å². The number of aromatic nitrogens is 1. The van der Waals surface area contributed by atoms with Crippen molar-refractivity contribution in [3.05, 3.63) is 65.6 Å². The van der Waals surface area contributed by atoms with E-state index < -0.39 is 41.2 Å². The third-order valence-corrected chi connectivity index (χ3v) is 4.86. The topological polar surface area (TPSA) is 97.8 Å². The van der Waals surface area contributed by atoms with Crippen LogP contribution in [0.25, 0.3) is 0 Å². The maximum absolute atomic E-state index is 13.9. The van der Waals surface area contributed by atoms with Crippen LogP contribution >= 0.6 is 0 Å². The number of hydrogen-bond donors (Lipinski definition) is 1. The van der Waals surface area contributed by atoms with E-state index in [-0.39, 0.29) is 29.6 Å². The number of esters is 1. The van der Waals surface area contributed by atoms with Crippen molar-refractivity contribution in [3.8, 4) is 5.75 Å². The van der Waals surface area contributed by atoms with Crippen molar-refractivity contribution in [1.82, 2.24) is 9.88 Å². The summed E-state index contributed by atoms with van der Waals surface area (Å²) in [4.78, 5) is 42.5. The van der Waals surface area contributed by atoms with E-state index in [1.54, 1.807) is 0 Å². The van der Waals surface area contributed by atoms with Crippen LogP contribution < -0.4 is 10.1 Å². The molecule has 2 aromatic rings. The molecular weight excluding hydrogens is 436 g/mol. The second-order valence-electron chi connectivity index (χ2n) is 7.79. The van der Waals surface area contributed by atoms with Crippen molar-refractivity contribution >= 4 is 23.6 Å². The molecule has 174 valence electrons. The molecule has 1 aromatic carbocycles. The first kappa shape index (κ1) is 23.8. The van der Waals surface area contributed by atoms with E-state index in [0.29, 0.717) is 6.42 Å². The Hall–Kier alpha value is -3.82. The maximum atomic E-state index is 13.9. The normalized spacial score (nSPS) is 14.2. The summed E-state index contributed by atoms with van der Waals surface area (Å²) < 4.78 is 37.7. The molecule has 2 amide bonds. The minimum atomic E-state index is -0.903. The Labute approximate surface area is 189 Å². The van der Waals surface area contributed by atoms with Gasteiger partial charge in [-0.05, 0) is 36.6 Å². The number of rotatable bonds is 8.